The van der Waals surface area contributed by atoms with Crippen molar-refractivity contribution < 1.29 is 19.0 Å². The SMILES string of the molecule is CC1CCC(NC(=O)[C@H]2O[C@@H](n3cnc4c(N)ncnc43)[C@@H]3OC(C)(C)O[C@@H]32)CC1. The van der Waals surface area contributed by atoms with Gasteiger partial charge >= 0.3 is 0 Å². The second kappa shape index (κ2) is 7.14. The van der Waals surface area contributed by atoms with Gasteiger partial charge in [-0.15, -0.1) is 0 Å². The summed E-state index contributed by atoms with van der Waals surface area (Å²) < 4.78 is 20.1. The van der Waals surface area contributed by atoms with Gasteiger partial charge in [0, 0.05) is 6.04 Å². The van der Waals surface area contributed by atoms with Crippen molar-refractivity contribution in [2.75, 3.05) is 5.73 Å². The normalized spacial score (nSPS) is 35.4. The Kier molecular flexibility index (Phi) is 4.68. The summed E-state index contributed by atoms with van der Waals surface area (Å²) in [6.07, 6.45) is 4.81. The molecule has 5 rings (SSSR count). The molecule has 0 radical (unpaired) electrons. The number of rotatable bonds is 3. The van der Waals surface area contributed by atoms with Crippen LogP contribution in [0.25, 0.3) is 11.2 Å². The Balaban J connectivity index is 1.41. The van der Waals surface area contributed by atoms with Crippen LogP contribution in [-0.2, 0) is 19.0 Å². The Morgan fingerprint density at radius 1 is 1.17 bits per heavy atom. The summed E-state index contributed by atoms with van der Waals surface area (Å²) in [5, 5.41) is 3.16. The molecule has 3 aliphatic rings. The number of fused-ring (bicyclic) bond motifs is 2. The minimum absolute atomic E-state index is 0.160. The van der Waals surface area contributed by atoms with Gasteiger partial charge in [-0.3, -0.25) is 9.36 Å². The highest BCUT2D eigenvalue weighted by Gasteiger charge is 2.58. The van der Waals surface area contributed by atoms with Crippen LogP contribution in [0.1, 0.15) is 52.7 Å². The second-order valence-corrected chi connectivity index (χ2v) is 9.06. The van der Waals surface area contributed by atoms with Crippen LogP contribution in [0.3, 0.4) is 0 Å². The molecule has 10 nitrogen and oxygen atoms in total. The number of nitrogens with zero attached hydrogens (tertiary/aromatic N) is 4. The molecular formula is C20H28N6O4. The number of ether oxygens (including phenoxy) is 3. The van der Waals surface area contributed by atoms with Gasteiger partial charge in [0.15, 0.2) is 29.6 Å². The Labute approximate surface area is 174 Å². The lowest BCUT2D eigenvalue weighted by Crippen LogP contribution is -2.47. The summed E-state index contributed by atoms with van der Waals surface area (Å²) in [5.41, 5.74) is 6.94. The number of nitrogens with two attached hydrogens (primary N) is 1. The van der Waals surface area contributed by atoms with Crippen molar-refractivity contribution in [2.45, 2.75) is 82.8 Å². The van der Waals surface area contributed by atoms with Crippen LogP contribution in [0.2, 0.25) is 0 Å². The molecule has 4 atom stereocenters. The number of amides is 1. The van der Waals surface area contributed by atoms with Gasteiger partial charge in [0.05, 0.1) is 6.33 Å². The number of hydrogen-bond acceptors (Lipinski definition) is 8. The number of hydrogen-bond donors (Lipinski definition) is 2. The van der Waals surface area contributed by atoms with Gasteiger partial charge in [-0.1, -0.05) is 6.92 Å². The molecule has 2 saturated heterocycles. The lowest BCUT2D eigenvalue weighted by atomic mass is 9.87. The van der Waals surface area contributed by atoms with E-state index in [-0.39, 0.29) is 17.8 Å². The summed E-state index contributed by atoms with van der Waals surface area (Å²) in [6.45, 7) is 5.93. The summed E-state index contributed by atoms with van der Waals surface area (Å²) in [7, 11) is 0. The highest BCUT2D eigenvalue weighted by atomic mass is 16.8. The van der Waals surface area contributed by atoms with E-state index in [0.29, 0.717) is 17.1 Å². The molecule has 1 saturated carbocycles. The molecule has 0 bridgehead atoms. The smallest absolute Gasteiger partial charge is 0.252 e. The summed E-state index contributed by atoms with van der Waals surface area (Å²) in [5.74, 6) is 0.0245. The molecular weight excluding hydrogens is 388 g/mol. The van der Waals surface area contributed by atoms with E-state index in [1.165, 1.54) is 6.33 Å². The lowest BCUT2D eigenvalue weighted by molar-refractivity contribution is -0.197. The second-order valence-electron chi connectivity index (χ2n) is 9.06. The highest BCUT2D eigenvalue weighted by Crippen LogP contribution is 2.44. The van der Waals surface area contributed by atoms with Crippen molar-refractivity contribution in [3.05, 3.63) is 12.7 Å². The largest absolute Gasteiger partial charge is 0.382 e. The Morgan fingerprint density at radius 2 is 1.90 bits per heavy atom. The molecule has 4 heterocycles. The number of nitrogens with one attached hydrogen (secondary N) is 1. The van der Waals surface area contributed by atoms with Gasteiger partial charge in [0.25, 0.3) is 5.91 Å². The maximum Gasteiger partial charge on any atom is 0.252 e. The fourth-order valence-electron chi connectivity index (χ4n) is 4.76. The highest BCUT2D eigenvalue weighted by molar-refractivity contribution is 5.83. The topological polar surface area (TPSA) is 126 Å². The molecule has 0 spiro atoms. The summed E-state index contributed by atoms with van der Waals surface area (Å²) >= 11 is 0. The predicted octanol–water partition coefficient (Wildman–Crippen LogP) is 1.52. The van der Waals surface area contributed by atoms with Crippen LogP contribution >= 0.6 is 0 Å². The third-order valence-electron chi connectivity index (χ3n) is 6.31. The zero-order chi connectivity index (χ0) is 21.0. The first-order valence-electron chi connectivity index (χ1n) is 10.6. The average Bonchev–Trinajstić information content (AvgIpc) is 3.35. The van der Waals surface area contributed by atoms with Crippen molar-refractivity contribution in [1.29, 1.82) is 0 Å². The Bertz CT molecular complexity index is 954. The molecule has 2 aromatic rings. The molecule has 2 aromatic heterocycles. The summed E-state index contributed by atoms with van der Waals surface area (Å²) in [4.78, 5) is 25.7. The number of carbonyl (C=O) groups is 1. The van der Waals surface area contributed by atoms with E-state index in [9.17, 15) is 4.79 Å². The fraction of sp³-hybridized carbons (Fsp3) is 0.700. The molecule has 3 fully saturated rings. The van der Waals surface area contributed by atoms with E-state index >= 15 is 0 Å². The first kappa shape index (κ1) is 19.7. The molecule has 3 N–H and O–H groups in total. The van der Waals surface area contributed by atoms with Crippen molar-refractivity contribution in [2.24, 2.45) is 5.92 Å². The maximum atomic E-state index is 13.1. The number of nitrogen functional groups attached to an aromatic ring is 1. The average molecular weight is 416 g/mol. The van der Waals surface area contributed by atoms with Gasteiger partial charge in [-0.2, -0.15) is 0 Å². The Hall–Kier alpha value is -2.30. The van der Waals surface area contributed by atoms with Crippen molar-refractivity contribution in [3.8, 4) is 0 Å². The fourth-order valence-corrected chi connectivity index (χ4v) is 4.76. The predicted molar refractivity (Wildman–Crippen MR) is 107 cm³/mol. The molecule has 1 aliphatic carbocycles. The van der Waals surface area contributed by atoms with Gasteiger partial charge < -0.3 is 25.3 Å². The maximum absolute atomic E-state index is 13.1. The van der Waals surface area contributed by atoms with Gasteiger partial charge in [0.2, 0.25) is 0 Å². The molecule has 0 aromatic carbocycles. The first-order valence-corrected chi connectivity index (χ1v) is 10.6. The monoisotopic (exact) mass is 416 g/mol. The van der Waals surface area contributed by atoms with E-state index in [2.05, 4.69) is 27.2 Å². The van der Waals surface area contributed by atoms with Crippen LogP contribution in [0.5, 0.6) is 0 Å². The third-order valence-corrected chi connectivity index (χ3v) is 6.31. The van der Waals surface area contributed by atoms with Crippen LogP contribution in [0, 0.1) is 5.92 Å². The number of carbonyl (C=O) groups excluding carboxylic acids is 1. The Morgan fingerprint density at radius 3 is 2.67 bits per heavy atom. The van der Waals surface area contributed by atoms with Gasteiger partial charge in [0.1, 0.15) is 24.1 Å². The standard InChI is InChI=1S/C20H28N6O4/c1-10-4-6-11(7-5-10)25-18(27)14-13-15(30-20(2,3)29-13)19(28-14)26-9-24-12-16(21)22-8-23-17(12)26/h8-11,13-15,19H,4-7H2,1-3H3,(H,25,27)(H2,21,22,23)/t10?,11?,13-,14+,15-,19-/m1/s1. The van der Waals surface area contributed by atoms with Crippen LogP contribution in [0.4, 0.5) is 5.82 Å². The van der Waals surface area contributed by atoms with E-state index < -0.39 is 30.3 Å². The quantitative estimate of drug-likeness (QED) is 0.771. The third kappa shape index (κ3) is 3.32. The summed E-state index contributed by atoms with van der Waals surface area (Å²) in [6, 6.07) is 0.173. The molecule has 0 unspecified atom stereocenters. The van der Waals surface area contributed by atoms with Crippen LogP contribution < -0.4 is 11.1 Å². The number of imidazole rings is 1. The van der Waals surface area contributed by atoms with Gasteiger partial charge in [-0.05, 0) is 45.4 Å². The minimum atomic E-state index is -0.819. The zero-order valence-corrected chi connectivity index (χ0v) is 17.4. The van der Waals surface area contributed by atoms with Crippen LogP contribution in [0.15, 0.2) is 12.7 Å². The van der Waals surface area contributed by atoms with Crippen molar-refractivity contribution in [3.63, 3.8) is 0 Å². The van der Waals surface area contributed by atoms with Crippen LogP contribution in [-0.4, -0.2) is 55.6 Å². The van der Waals surface area contributed by atoms with E-state index in [1.807, 2.05) is 13.8 Å². The molecule has 10 heteroatoms. The van der Waals surface area contributed by atoms with Crippen molar-refractivity contribution >= 4 is 22.9 Å². The molecule has 162 valence electrons. The number of aromatic nitrogens is 4. The lowest BCUT2D eigenvalue weighted by Gasteiger charge is -2.29. The van der Waals surface area contributed by atoms with E-state index in [4.69, 9.17) is 19.9 Å². The zero-order valence-electron chi connectivity index (χ0n) is 17.4. The molecule has 30 heavy (non-hydrogen) atoms. The van der Waals surface area contributed by atoms with E-state index in [0.717, 1.165) is 25.7 Å². The molecule has 2 aliphatic heterocycles. The number of anilines is 1. The molecule has 1 amide bonds. The van der Waals surface area contributed by atoms with Crippen molar-refractivity contribution in [1.82, 2.24) is 24.8 Å². The first-order chi connectivity index (χ1) is 14.3. The van der Waals surface area contributed by atoms with E-state index in [1.54, 1.807) is 10.9 Å². The van der Waals surface area contributed by atoms with Gasteiger partial charge in [-0.25, -0.2) is 15.0 Å². The minimum Gasteiger partial charge on any atom is -0.382 e.